The number of carbonyl (C=O) groups is 2. The normalized spacial score (nSPS) is 12.1. The SMILES string of the molecule is CCN(NC(=O)c1cc(C)cc(C)c1)C(=O)N[C@H](C)c1ncc(-c2cccc(F)c2C(F)(F)F)cc1F. The van der Waals surface area contributed by atoms with Gasteiger partial charge in [0.05, 0.1) is 17.3 Å². The van der Waals surface area contributed by atoms with Gasteiger partial charge >= 0.3 is 12.2 Å². The minimum Gasteiger partial charge on any atom is -0.328 e. The number of nitrogens with one attached hydrogen (secondary N) is 2. The third kappa shape index (κ3) is 6.41. The minimum absolute atomic E-state index is 0.0870. The summed E-state index contributed by atoms with van der Waals surface area (Å²) in [6.45, 7) is 6.80. The molecule has 196 valence electrons. The standard InChI is InChI=1S/C26H25F5N4O2/c1-5-35(34-24(36)17-10-14(2)9-15(3)11-17)25(37)33-16(4)23-21(28)12-18(13-32-23)19-7-6-8-20(27)22(19)26(29,30)31/h6-13,16H,5H2,1-4H3,(H,33,37)(H,34,36)/t16-/m1/s1. The van der Waals surface area contributed by atoms with Crippen LogP contribution < -0.4 is 10.7 Å². The number of rotatable bonds is 5. The van der Waals surface area contributed by atoms with Crippen molar-refractivity contribution in [2.45, 2.75) is 39.9 Å². The molecule has 0 aliphatic heterocycles. The van der Waals surface area contributed by atoms with Crippen molar-refractivity contribution in [3.8, 4) is 11.1 Å². The average Bonchev–Trinajstić information content (AvgIpc) is 2.80. The first kappa shape index (κ1) is 27.6. The van der Waals surface area contributed by atoms with E-state index in [1.807, 2.05) is 19.9 Å². The zero-order chi connectivity index (χ0) is 27.5. The minimum atomic E-state index is -5.00. The molecule has 0 unspecified atom stereocenters. The molecule has 0 radical (unpaired) electrons. The Kier molecular flexibility index (Phi) is 8.15. The molecule has 3 amide bonds. The first-order chi connectivity index (χ1) is 17.3. The van der Waals surface area contributed by atoms with Crippen LogP contribution in [0.15, 0.2) is 48.7 Å². The van der Waals surface area contributed by atoms with E-state index in [1.165, 1.54) is 6.92 Å². The van der Waals surface area contributed by atoms with E-state index < -0.39 is 46.9 Å². The highest BCUT2D eigenvalue weighted by molar-refractivity contribution is 5.95. The van der Waals surface area contributed by atoms with E-state index in [0.29, 0.717) is 11.6 Å². The largest absolute Gasteiger partial charge is 0.419 e. The first-order valence-electron chi connectivity index (χ1n) is 11.3. The molecule has 2 N–H and O–H groups in total. The molecule has 0 saturated carbocycles. The van der Waals surface area contributed by atoms with Gasteiger partial charge in [-0.2, -0.15) is 13.2 Å². The van der Waals surface area contributed by atoms with E-state index in [-0.39, 0.29) is 17.8 Å². The van der Waals surface area contributed by atoms with Crippen molar-refractivity contribution >= 4 is 11.9 Å². The van der Waals surface area contributed by atoms with Crippen molar-refractivity contribution in [1.82, 2.24) is 20.7 Å². The zero-order valence-corrected chi connectivity index (χ0v) is 20.5. The van der Waals surface area contributed by atoms with Gasteiger partial charge in [-0.3, -0.25) is 15.2 Å². The molecule has 0 aliphatic carbocycles. The Balaban J connectivity index is 1.77. The fraction of sp³-hybridized carbons (Fsp3) is 0.269. The molecule has 0 spiro atoms. The van der Waals surface area contributed by atoms with Gasteiger partial charge < -0.3 is 5.32 Å². The lowest BCUT2D eigenvalue weighted by Gasteiger charge is -2.24. The number of hydrazine groups is 1. The van der Waals surface area contributed by atoms with E-state index in [9.17, 15) is 31.5 Å². The number of pyridine rings is 1. The molecule has 3 aromatic rings. The third-order valence-corrected chi connectivity index (χ3v) is 5.51. The Morgan fingerprint density at radius 3 is 2.24 bits per heavy atom. The van der Waals surface area contributed by atoms with E-state index in [1.54, 1.807) is 19.1 Å². The van der Waals surface area contributed by atoms with Crippen molar-refractivity contribution in [2.24, 2.45) is 0 Å². The van der Waals surface area contributed by atoms with Crippen LogP contribution in [0.3, 0.4) is 0 Å². The van der Waals surface area contributed by atoms with Gasteiger partial charge in [-0.25, -0.2) is 18.6 Å². The Bertz CT molecular complexity index is 1310. The molecule has 3 rings (SSSR count). The molecule has 2 aromatic carbocycles. The van der Waals surface area contributed by atoms with Crippen LogP contribution in [-0.4, -0.2) is 28.5 Å². The van der Waals surface area contributed by atoms with Crippen molar-refractivity contribution in [3.05, 3.63) is 88.2 Å². The summed E-state index contributed by atoms with van der Waals surface area (Å²) in [6.07, 6.45) is -4.02. The van der Waals surface area contributed by atoms with Gasteiger partial charge in [-0.15, -0.1) is 0 Å². The highest BCUT2D eigenvalue weighted by Gasteiger charge is 2.37. The van der Waals surface area contributed by atoms with Crippen LogP contribution in [0, 0.1) is 25.5 Å². The number of halogens is 5. The Morgan fingerprint density at radius 2 is 1.68 bits per heavy atom. The van der Waals surface area contributed by atoms with E-state index >= 15 is 0 Å². The van der Waals surface area contributed by atoms with Gasteiger partial charge in [0.15, 0.2) is 0 Å². The number of aryl methyl sites for hydroxylation is 2. The van der Waals surface area contributed by atoms with Gasteiger partial charge in [-0.05, 0) is 57.5 Å². The van der Waals surface area contributed by atoms with Crippen LogP contribution in [0.5, 0.6) is 0 Å². The maximum Gasteiger partial charge on any atom is 0.419 e. The van der Waals surface area contributed by atoms with E-state index in [0.717, 1.165) is 40.5 Å². The number of alkyl halides is 3. The summed E-state index contributed by atoms with van der Waals surface area (Å²) in [6, 6.07) is 7.04. The lowest BCUT2D eigenvalue weighted by atomic mass is 9.99. The monoisotopic (exact) mass is 520 g/mol. The summed E-state index contributed by atoms with van der Waals surface area (Å²) < 4.78 is 68.9. The molecule has 1 atom stereocenters. The summed E-state index contributed by atoms with van der Waals surface area (Å²) in [5.74, 6) is -3.00. The lowest BCUT2D eigenvalue weighted by Crippen LogP contribution is -2.51. The quantitative estimate of drug-likeness (QED) is 0.315. The van der Waals surface area contributed by atoms with Crippen molar-refractivity contribution in [3.63, 3.8) is 0 Å². The molecule has 6 nitrogen and oxygen atoms in total. The highest BCUT2D eigenvalue weighted by atomic mass is 19.4. The van der Waals surface area contributed by atoms with Crippen LogP contribution in [0.2, 0.25) is 0 Å². The highest BCUT2D eigenvalue weighted by Crippen LogP contribution is 2.39. The van der Waals surface area contributed by atoms with Gasteiger partial charge in [0.1, 0.15) is 11.6 Å². The number of nitrogens with zero attached hydrogens (tertiary/aromatic N) is 2. The fourth-order valence-electron chi connectivity index (χ4n) is 3.87. The van der Waals surface area contributed by atoms with Crippen molar-refractivity contribution < 1.29 is 31.5 Å². The van der Waals surface area contributed by atoms with Crippen LogP contribution in [-0.2, 0) is 6.18 Å². The summed E-state index contributed by atoms with van der Waals surface area (Å²) in [7, 11) is 0. The van der Waals surface area contributed by atoms with E-state index in [2.05, 4.69) is 15.7 Å². The van der Waals surface area contributed by atoms with Crippen molar-refractivity contribution in [1.29, 1.82) is 0 Å². The second-order valence-electron chi connectivity index (χ2n) is 8.48. The van der Waals surface area contributed by atoms with Gasteiger partial charge in [0.2, 0.25) is 0 Å². The fourth-order valence-corrected chi connectivity index (χ4v) is 3.87. The average molecular weight is 521 g/mol. The van der Waals surface area contributed by atoms with Crippen LogP contribution in [0.1, 0.15) is 52.6 Å². The number of carbonyl (C=O) groups excluding carboxylic acids is 2. The van der Waals surface area contributed by atoms with Gasteiger partial charge in [-0.1, -0.05) is 29.3 Å². The number of benzene rings is 2. The molecule has 1 heterocycles. The summed E-state index contributed by atoms with van der Waals surface area (Å²) in [5, 5.41) is 3.51. The maximum absolute atomic E-state index is 14.9. The summed E-state index contributed by atoms with van der Waals surface area (Å²) >= 11 is 0. The number of urea groups is 1. The Labute approximate surface area is 210 Å². The number of hydrogen-bond acceptors (Lipinski definition) is 3. The van der Waals surface area contributed by atoms with Crippen LogP contribution in [0.25, 0.3) is 11.1 Å². The Morgan fingerprint density at radius 1 is 1.03 bits per heavy atom. The van der Waals surface area contributed by atoms with Gasteiger partial charge in [0.25, 0.3) is 5.91 Å². The second-order valence-corrected chi connectivity index (χ2v) is 8.48. The Hall–Kier alpha value is -4.02. The smallest absolute Gasteiger partial charge is 0.328 e. The summed E-state index contributed by atoms with van der Waals surface area (Å²) in [5.41, 5.74) is 1.98. The zero-order valence-electron chi connectivity index (χ0n) is 20.5. The van der Waals surface area contributed by atoms with Gasteiger partial charge in [0, 0.05) is 23.9 Å². The number of hydrogen-bond donors (Lipinski definition) is 2. The molecule has 0 fully saturated rings. The predicted molar refractivity (Wildman–Crippen MR) is 127 cm³/mol. The number of amides is 3. The van der Waals surface area contributed by atoms with E-state index in [4.69, 9.17) is 0 Å². The first-order valence-corrected chi connectivity index (χ1v) is 11.3. The van der Waals surface area contributed by atoms with Crippen LogP contribution >= 0.6 is 0 Å². The van der Waals surface area contributed by atoms with Crippen molar-refractivity contribution in [2.75, 3.05) is 6.54 Å². The molecule has 11 heteroatoms. The topological polar surface area (TPSA) is 74.3 Å². The molecule has 1 aromatic heterocycles. The molecular formula is C26H25F5N4O2. The maximum atomic E-state index is 14.9. The molecule has 0 bridgehead atoms. The van der Waals surface area contributed by atoms with Crippen LogP contribution in [0.4, 0.5) is 26.7 Å². The summed E-state index contributed by atoms with van der Waals surface area (Å²) in [4.78, 5) is 29.2. The molecule has 0 aliphatic rings. The lowest BCUT2D eigenvalue weighted by molar-refractivity contribution is -0.139. The number of aromatic nitrogens is 1. The predicted octanol–water partition coefficient (Wildman–Crippen LogP) is 6.10. The second kappa shape index (κ2) is 10.9. The molecule has 37 heavy (non-hydrogen) atoms. The molecular weight excluding hydrogens is 495 g/mol. The third-order valence-electron chi connectivity index (χ3n) is 5.51. The molecule has 0 saturated heterocycles.